The lowest BCUT2D eigenvalue weighted by Crippen LogP contribution is -2.43. The van der Waals surface area contributed by atoms with Crippen LogP contribution < -0.4 is 9.64 Å². The van der Waals surface area contributed by atoms with Gasteiger partial charge in [-0.05, 0) is 99.0 Å². The van der Waals surface area contributed by atoms with Crippen LogP contribution in [0.4, 0.5) is 18.9 Å². The monoisotopic (exact) mass is 867 g/mol. The van der Waals surface area contributed by atoms with Gasteiger partial charge in [0.25, 0.3) is 0 Å². The van der Waals surface area contributed by atoms with Gasteiger partial charge < -0.3 is 18.9 Å². The van der Waals surface area contributed by atoms with Crippen LogP contribution in [-0.2, 0) is 30.5 Å². The molecule has 5 unspecified atom stereocenters. The smallest absolute Gasteiger partial charge is 0.308 e. The quantitative estimate of drug-likeness (QED) is 0.0457. The second-order valence-electron chi connectivity index (χ2n) is 16.7. The molecule has 0 saturated heterocycles. The molecule has 58 heavy (non-hydrogen) atoms. The van der Waals surface area contributed by atoms with Gasteiger partial charge in [-0.1, -0.05) is 64.8 Å². The number of sulfone groups is 1. The van der Waals surface area contributed by atoms with Gasteiger partial charge in [0, 0.05) is 28.1 Å². The van der Waals surface area contributed by atoms with Crippen molar-refractivity contribution in [1.82, 2.24) is 0 Å². The van der Waals surface area contributed by atoms with E-state index in [0.29, 0.717) is 35.7 Å². The van der Waals surface area contributed by atoms with E-state index in [1.165, 1.54) is 37.9 Å². The maximum atomic E-state index is 16.2. The molecule has 0 saturated carbocycles. The molecule has 0 heterocycles. The average molecular weight is 869 g/mol. The maximum absolute atomic E-state index is 16.2. The Balaban J connectivity index is 2.05. The average Bonchev–Trinajstić information content (AvgIpc) is 3.17. The standard InChI is InChI=1S/C45H63ClF3N2O5S2/c1-13-29(3)43(50(34-21-19-33(47)20-22-34)42(14-2)45(6,7)32-18-23-38(46)41(25-32)55-11)57-28-37-39(48)26-35(27-40(37)49)58(53,54)31(5)36(30(4)44(52)56-12)17-15-16-24-51(8,9)10/h14,18-23,25-27,29-31,36,43H,13,15-17,24,28H2,1-12H3/q+1. The van der Waals surface area contributed by atoms with Gasteiger partial charge >= 0.3 is 5.97 Å². The molecule has 0 aromatic heterocycles. The molecule has 0 radical (unpaired) electrons. The van der Waals surface area contributed by atoms with Crippen LogP contribution in [0, 0.1) is 35.2 Å². The number of hydrogen-bond donors (Lipinski definition) is 0. The Morgan fingerprint density at radius 2 is 1.57 bits per heavy atom. The number of hydrogen-bond acceptors (Lipinski definition) is 7. The van der Waals surface area contributed by atoms with Gasteiger partial charge in [0.1, 0.15) is 23.2 Å². The van der Waals surface area contributed by atoms with Crippen molar-refractivity contribution in [3.05, 3.63) is 100.0 Å². The zero-order valence-electron chi connectivity index (χ0n) is 36.2. The number of unbranched alkanes of at least 4 members (excludes halogenated alkanes) is 1. The summed E-state index contributed by atoms with van der Waals surface area (Å²) >= 11 is 7.72. The lowest BCUT2D eigenvalue weighted by molar-refractivity contribution is -0.870. The van der Waals surface area contributed by atoms with Gasteiger partial charge in [0.05, 0.1) is 68.4 Å². The predicted molar refractivity (Wildman–Crippen MR) is 233 cm³/mol. The highest BCUT2D eigenvalue weighted by Crippen LogP contribution is 2.44. The minimum atomic E-state index is -4.28. The summed E-state index contributed by atoms with van der Waals surface area (Å²) in [6, 6.07) is 13.5. The second kappa shape index (κ2) is 20.9. The number of ether oxygens (including phenoxy) is 2. The molecular weight excluding hydrogens is 805 g/mol. The first-order chi connectivity index (χ1) is 27.0. The van der Waals surface area contributed by atoms with E-state index < -0.39 is 66.0 Å². The van der Waals surface area contributed by atoms with Crippen molar-refractivity contribution in [3.63, 3.8) is 0 Å². The predicted octanol–water partition coefficient (Wildman–Crippen LogP) is 11.2. The number of methoxy groups -OCH3 is 2. The molecular formula is C45H63ClF3N2O5S2+. The van der Waals surface area contributed by atoms with E-state index in [1.807, 2.05) is 32.1 Å². The molecule has 0 aliphatic rings. The van der Waals surface area contributed by atoms with Crippen molar-refractivity contribution in [3.8, 4) is 5.75 Å². The number of thioether (sulfide) groups is 1. The Morgan fingerprint density at radius 1 is 0.966 bits per heavy atom. The third-order valence-electron chi connectivity index (χ3n) is 11.3. The number of allylic oxidation sites excluding steroid dienone is 2. The topological polar surface area (TPSA) is 72.9 Å². The van der Waals surface area contributed by atoms with Gasteiger partial charge in [0.2, 0.25) is 0 Å². The van der Waals surface area contributed by atoms with Crippen molar-refractivity contribution in [1.29, 1.82) is 0 Å². The number of carbonyl (C=O) groups excluding carboxylic acids is 1. The fraction of sp³-hybridized carbons (Fsp3) is 0.533. The second-order valence-corrected chi connectivity index (χ2v) is 20.5. The van der Waals surface area contributed by atoms with Gasteiger partial charge in [-0.2, -0.15) is 0 Å². The van der Waals surface area contributed by atoms with Gasteiger partial charge in [-0.15, -0.1) is 11.8 Å². The van der Waals surface area contributed by atoms with Crippen molar-refractivity contribution >= 4 is 44.9 Å². The minimum absolute atomic E-state index is 0.0387. The SMILES string of the molecule is CC=C(N(c1ccc(F)cc1)C(SCc1c(F)cc(S(=O)(=O)C(C)C(CCCC[N+](C)(C)C)C(C)C(=O)OC)cc1F)C(C)CC)C(C)(C)c1ccc(Cl)c(OC)c1. The number of quaternary nitrogens is 1. The number of esters is 1. The van der Waals surface area contributed by atoms with E-state index >= 15 is 8.78 Å². The van der Waals surface area contributed by atoms with Crippen LogP contribution in [0.15, 0.2) is 71.3 Å². The molecule has 7 nitrogen and oxygen atoms in total. The van der Waals surface area contributed by atoms with Crippen molar-refractivity contribution < 1.29 is 40.3 Å². The van der Waals surface area contributed by atoms with Gasteiger partial charge in [0.15, 0.2) is 9.84 Å². The summed E-state index contributed by atoms with van der Waals surface area (Å²) < 4.78 is 86.1. The number of rotatable bonds is 21. The summed E-state index contributed by atoms with van der Waals surface area (Å²) in [6.07, 6.45) is 4.61. The van der Waals surface area contributed by atoms with Crippen molar-refractivity contribution in [2.24, 2.45) is 17.8 Å². The number of halogens is 4. The molecule has 3 aromatic rings. The van der Waals surface area contributed by atoms with E-state index in [0.717, 1.165) is 40.8 Å². The Labute approximate surface area is 354 Å². The van der Waals surface area contributed by atoms with Crippen LogP contribution in [0.25, 0.3) is 0 Å². The number of nitrogens with zero attached hydrogens (tertiary/aromatic N) is 2. The molecule has 3 aromatic carbocycles. The minimum Gasteiger partial charge on any atom is -0.495 e. The van der Waals surface area contributed by atoms with Crippen LogP contribution in [0.1, 0.15) is 85.3 Å². The molecule has 5 atom stereocenters. The van der Waals surface area contributed by atoms with Crippen LogP contribution in [0.2, 0.25) is 5.02 Å². The van der Waals surface area contributed by atoms with Crippen LogP contribution in [0.5, 0.6) is 5.75 Å². The highest BCUT2D eigenvalue weighted by Gasteiger charge is 2.39. The first-order valence-electron chi connectivity index (χ1n) is 19.8. The zero-order chi connectivity index (χ0) is 43.7. The summed E-state index contributed by atoms with van der Waals surface area (Å²) in [5, 5.41) is -1.06. The fourth-order valence-corrected chi connectivity index (χ4v) is 10.9. The zero-order valence-corrected chi connectivity index (χ0v) is 38.6. The summed E-state index contributed by atoms with van der Waals surface area (Å²) in [5.41, 5.74) is 1.52. The molecule has 322 valence electrons. The van der Waals surface area contributed by atoms with Crippen LogP contribution in [-0.4, -0.2) is 71.4 Å². The lowest BCUT2D eigenvalue weighted by Gasteiger charge is -2.44. The Hall–Kier alpha value is -3.19. The molecule has 0 fully saturated rings. The van der Waals surface area contributed by atoms with Crippen molar-refractivity contribution in [2.75, 3.05) is 46.8 Å². The summed E-state index contributed by atoms with van der Waals surface area (Å²) in [4.78, 5) is 14.3. The van der Waals surface area contributed by atoms with E-state index in [2.05, 4.69) is 46.8 Å². The number of benzene rings is 3. The molecule has 13 heteroatoms. The van der Waals surface area contributed by atoms with Crippen molar-refractivity contribution in [2.45, 2.75) is 101 Å². The molecule has 0 aliphatic heterocycles. The Bertz CT molecular complexity index is 1960. The molecule has 0 amide bonds. The maximum Gasteiger partial charge on any atom is 0.308 e. The third-order valence-corrected chi connectivity index (χ3v) is 15.3. The van der Waals surface area contributed by atoms with Crippen LogP contribution >= 0.6 is 23.4 Å². The largest absolute Gasteiger partial charge is 0.495 e. The highest BCUT2D eigenvalue weighted by molar-refractivity contribution is 7.99. The van der Waals surface area contributed by atoms with E-state index in [4.69, 9.17) is 21.1 Å². The summed E-state index contributed by atoms with van der Waals surface area (Å²) in [5.74, 6) is -3.93. The first-order valence-corrected chi connectivity index (χ1v) is 22.8. The van der Waals surface area contributed by atoms with E-state index in [1.54, 1.807) is 32.2 Å². The normalized spacial score (nSPS) is 15.3. The Morgan fingerprint density at radius 3 is 2.09 bits per heavy atom. The van der Waals surface area contributed by atoms with Gasteiger partial charge in [-0.25, -0.2) is 21.6 Å². The molecule has 3 rings (SSSR count). The number of anilines is 1. The third kappa shape index (κ3) is 12.0. The fourth-order valence-electron chi connectivity index (χ4n) is 7.43. The van der Waals surface area contributed by atoms with Crippen LogP contribution in [0.3, 0.4) is 0 Å². The highest BCUT2D eigenvalue weighted by atomic mass is 35.5. The molecule has 0 spiro atoms. The molecule has 0 aliphatic carbocycles. The lowest BCUT2D eigenvalue weighted by atomic mass is 9.79. The van der Waals surface area contributed by atoms with Gasteiger partial charge in [-0.3, -0.25) is 4.79 Å². The Kier molecular flexibility index (Phi) is 17.7. The summed E-state index contributed by atoms with van der Waals surface area (Å²) in [6.45, 7) is 14.1. The summed E-state index contributed by atoms with van der Waals surface area (Å²) in [7, 11) is 4.74. The molecule has 0 N–H and O–H groups in total. The first kappa shape index (κ1) is 49.2. The van der Waals surface area contributed by atoms with E-state index in [-0.39, 0.29) is 17.2 Å². The van der Waals surface area contributed by atoms with E-state index in [9.17, 15) is 17.6 Å². The number of carbonyl (C=O) groups is 1. The molecule has 0 bridgehead atoms.